The molecule has 92 valence electrons. The van der Waals surface area contributed by atoms with Crippen molar-refractivity contribution in [3.05, 3.63) is 34.3 Å². The Balaban J connectivity index is 1.83. The van der Waals surface area contributed by atoms with Crippen LogP contribution in [0, 0.1) is 5.41 Å². The maximum Gasteiger partial charge on any atom is 0.315 e. The van der Waals surface area contributed by atoms with Crippen LogP contribution < -0.4 is 5.32 Å². The predicted octanol–water partition coefficient (Wildman–Crippen LogP) is 1.64. The molecule has 1 fully saturated rings. The normalized spacial score (nSPS) is 17.5. The van der Waals surface area contributed by atoms with Crippen molar-refractivity contribution >= 4 is 21.9 Å². The quantitative estimate of drug-likeness (QED) is 0.868. The Morgan fingerprint density at radius 3 is 2.53 bits per heavy atom. The highest BCUT2D eigenvalue weighted by atomic mass is 79.9. The van der Waals surface area contributed by atoms with Gasteiger partial charge < -0.3 is 15.2 Å². The van der Waals surface area contributed by atoms with Gasteiger partial charge in [0.1, 0.15) is 5.41 Å². The van der Waals surface area contributed by atoms with Crippen LogP contribution in [0.1, 0.15) is 5.56 Å². The van der Waals surface area contributed by atoms with Crippen molar-refractivity contribution in [3.63, 3.8) is 0 Å². The molecule has 0 aromatic heterocycles. The second-order valence-electron chi connectivity index (χ2n) is 4.31. The predicted molar refractivity (Wildman–Crippen MR) is 66.7 cm³/mol. The molecule has 0 radical (unpaired) electrons. The number of halogens is 1. The van der Waals surface area contributed by atoms with Crippen LogP contribution in [0.4, 0.5) is 0 Å². The highest BCUT2D eigenvalue weighted by Gasteiger charge is 2.45. The highest BCUT2D eigenvalue weighted by Crippen LogP contribution is 2.26. The van der Waals surface area contributed by atoms with E-state index >= 15 is 0 Å². The Hall–Kier alpha value is -0.910. The zero-order valence-electron chi connectivity index (χ0n) is 9.28. The maximum atomic E-state index is 11.1. The molecule has 0 amide bonds. The van der Waals surface area contributed by atoms with Gasteiger partial charge in [-0.25, -0.2) is 0 Å². The number of hydrogen-bond acceptors (Lipinski definition) is 3. The smallest absolute Gasteiger partial charge is 0.315 e. The van der Waals surface area contributed by atoms with E-state index in [0.717, 1.165) is 10.0 Å². The standard InChI is InChI=1S/C12H14BrNO3/c13-10-3-1-9(2-4-10)5-14-6-12(11(15)16)7-17-8-12/h1-4,14H,5-8H2,(H,15,16). The molecule has 1 aliphatic heterocycles. The first kappa shape index (κ1) is 12.5. The third kappa shape index (κ3) is 2.86. The van der Waals surface area contributed by atoms with E-state index in [-0.39, 0.29) is 0 Å². The molecule has 0 unspecified atom stereocenters. The number of carbonyl (C=O) groups is 1. The second-order valence-corrected chi connectivity index (χ2v) is 5.22. The van der Waals surface area contributed by atoms with Gasteiger partial charge in [0.2, 0.25) is 0 Å². The van der Waals surface area contributed by atoms with E-state index in [2.05, 4.69) is 21.2 Å². The van der Waals surface area contributed by atoms with E-state index in [1.54, 1.807) is 0 Å². The molecule has 0 bridgehead atoms. The fourth-order valence-corrected chi connectivity index (χ4v) is 1.96. The summed E-state index contributed by atoms with van der Waals surface area (Å²) in [6.45, 7) is 1.71. The number of aliphatic carboxylic acids is 1. The zero-order chi connectivity index (χ0) is 12.3. The van der Waals surface area contributed by atoms with Crippen molar-refractivity contribution in [2.75, 3.05) is 19.8 Å². The first-order valence-corrected chi connectivity index (χ1v) is 6.18. The zero-order valence-corrected chi connectivity index (χ0v) is 10.9. The topological polar surface area (TPSA) is 58.6 Å². The summed E-state index contributed by atoms with van der Waals surface area (Å²) >= 11 is 3.37. The van der Waals surface area contributed by atoms with Gasteiger partial charge in [0.05, 0.1) is 13.2 Å². The number of benzene rings is 1. The minimum absolute atomic E-state index is 0.301. The van der Waals surface area contributed by atoms with Crippen LogP contribution in [0.5, 0.6) is 0 Å². The Labute approximate surface area is 108 Å². The minimum Gasteiger partial charge on any atom is -0.481 e. The van der Waals surface area contributed by atoms with Crippen LogP contribution in [-0.2, 0) is 16.1 Å². The fourth-order valence-electron chi connectivity index (χ4n) is 1.70. The van der Waals surface area contributed by atoms with Crippen molar-refractivity contribution in [1.82, 2.24) is 5.32 Å². The van der Waals surface area contributed by atoms with Gasteiger partial charge in [0, 0.05) is 17.6 Å². The summed E-state index contributed by atoms with van der Waals surface area (Å²) in [5, 5.41) is 12.3. The molecule has 0 saturated carbocycles. The van der Waals surface area contributed by atoms with Gasteiger partial charge in [-0.2, -0.15) is 0 Å². The summed E-state index contributed by atoms with van der Waals surface area (Å²) in [7, 11) is 0. The first-order chi connectivity index (χ1) is 8.12. The van der Waals surface area contributed by atoms with Gasteiger partial charge in [0.15, 0.2) is 0 Å². The van der Waals surface area contributed by atoms with Crippen LogP contribution in [-0.4, -0.2) is 30.8 Å². The van der Waals surface area contributed by atoms with E-state index in [9.17, 15) is 4.79 Å². The minimum atomic E-state index is -0.785. The van der Waals surface area contributed by atoms with E-state index in [0.29, 0.717) is 26.3 Å². The number of nitrogens with one attached hydrogen (secondary N) is 1. The molecule has 5 heteroatoms. The van der Waals surface area contributed by atoms with Crippen LogP contribution in [0.2, 0.25) is 0 Å². The molecule has 1 heterocycles. The van der Waals surface area contributed by atoms with E-state index < -0.39 is 11.4 Å². The molecule has 0 spiro atoms. The molecule has 2 rings (SSSR count). The molecular formula is C12H14BrNO3. The summed E-state index contributed by atoms with van der Waals surface area (Å²) in [6.07, 6.45) is 0. The van der Waals surface area contributed by atoms with E-state index in [4.69, 9.17) is 9.84 Å². The van der Waals surface area contributed by atoms with Crippen LogP contribution in [0.3, 0.4) is 0 Å². The Morgan fingerprint density at radius 1 is 1.41 bits per heavy atom. The van der Waals surface area contributed by atoms with Gasteiger partial charge in [-0.15, -0.1) is 0 Å². The fraction of sp³-hybridized carbons (Fsp3) is 0.417. The van der Waals surface area contributed by atoms with Crippen molar-refractivity contribution in [3.8, 4) is 0 Å². The molecule has 1 aromatic rings. The number of rotatable bonds is 5. The van der Waals surface area contributed by atoms with Gasteiger partial charge in [0.25, 0.3) is 0 Å². The number of carboxylic acids is 1. The summed E-state index contributed by atoms with van der Waals surface area (Å²) in [6, 6.07) is 7.94. The lowest BCUT2D eigenvalue weighted by Crippen LogP contribution is -2.55. The average Bonchev–Trinajstić information content (AvgIpc) is 2.24. The van der Waals surface area contributed by atoms with Gasteiger partial charge in [-0.3, -0.25) is 4.79 Å². The number of hydrogen-bond donors (Lipinski definition) is 2. The molecule has 2 N–H and O–H groups in total. The molecule has 1 saturated heterocycles. The van der Waals surface area contributed by atoms with Gasteiger partial charge >= 0.3 is 5.97 Å². The summed E-state index contributed by atoms with van der Waals surface area (Å²) in [4.78, 5) is 11.1. The Morgan fingerprint density at radius 2 is 2.06 bits per heavy atom. The number of carboxylic acid groups (broad SMARTS) is 1. The van der Waals surface area contributed by atoms with Crippen LogP contribution in [0.25, 0.3) is 0 Å². The van der Waals surface area contributed by atoms with Gasteiger partial charge in [-0.05, 0) is 17.7 Å². The Kier molecular flexibility index (Phi) is 3.81. The second kappa shape index (κ2) is 5.16. The first-order valence-electron chi connectivity index (χ1n) is 5.39. The molecule has 17 heavy (non-hydrogen) atoms. The molecule has 1 aromatic carbocycles. The largest absolute Gasteiger partial charge is 0.481 e. The van der Waals surface area contributed by atoms with Gasteiger partial charge in [-0.1, -0.05) is 28.1 Å². The van der Waals surface area contributed by atoms with E-state index in [1.807, 2.05) is 24.3 Å². The van der Waals surface area contributed by atoms with Crippen molar-refractivity contribution in [1.29, 1.82) is 0 Å². The molecule has 4 nitrogen and oxygen atoms in total. The maximum absolute atomic E-state index is 11.1. The van der Waals surface area contributed by atoms with Crippen LogP contribution in [0.15, 0.2) is 28.7 Å². The molecule has 0 aliphatic carbocycles. The summed E-state index contributed by atoms with van der Waals surface area (Å²) in [5.41, 5.74) is 0.406. The summed E-state index contributed by atoms with van der Waals surface area (Å²) in [5.74, 6) is -0.785. The Bertz CT molecular complexity index is 401. The average molecular weight is 300 g/mol. The third-order valence-electron chi connectivity index (χ3n) is 2.92. The van der Waals surface area contributed by atoms with E-state index in [1.165, 1.54) is 0 Å². The lowest BCUT2D eigenvalue weighted by atomic mass is 9.86. The monoisotopic (exact) mass is 299 g/mol. The molecule has 0 atom stereocenters. The SMILES string of the molecule is O=C(O)C1(CNCc2ccc(Br)cc2)COC1. The summed E-state index contributed by atoms with van der Waals surface area (Å²) < 4.78 is 6.03. The van der Waals surface area contributed by atoms with Crippen LogP contribution >= 0.6 is 15.9 Å². The highest BCUT2D eigenvalue weighted by molar-refractivity contribution is 9.10. The third-order valence-corrected chi connectivity index (χ3v) is 3.44. The molecular weight excluding hydrogens is 286 g/mol. The van der Waals surface area contributed by atoms with Crippen molar-refractivity contribution in [2.45, 2.75) is 6.54 Å². The van der Waals surface area contributed by atoms with Crippen molar-refractivity contribution < 1.29 is 14.6 Å². The molecule has 1 aliphatic rings. The lowest BCUT2D eigenvalue weighted by molar-refractivity contribution is -0.178. The lowest BCUT2D eigenvalue weighted by Gasteiger charge is -2.37. The van der Waals surface area contributed by atoms with Crippen molar-refractivity contribution in [2.24, 2.45) is 5.41 Å². The number of ether oxygens (including phenoxy) is 1.